The first-order chi connectivity index (χ1) is 12.4. The van der Waals surface area contributed by atoms with Gasteiger partial charge in [0, 0.05) is 32.6 Å². The molecule has 6 nitrogen and oxygen atoms in total. The van der Waals surface area contributed by atoms with Crippen LogP contribution in [0.1, 0.15) is 71.6 Å². The summed E-state index contributed by atoms with van der Waals surface area (Å²) in [6.07, 6.45) is 11.3. The van der Waals surface area contributed by atoms with Gasteiger partial charge in [0.15, 0.2) is 15.8 Å². The van der Waals surface area contributed by atoms with Crippen molar-refractivity contribution in [2.45, 2.75) is 76.4 Å². The van der Waals surface area contributed by atoms with Gasteiger partial charge in [-0.1, -0.05) is 45.4 Å². The molecule has 0 aromatic rings. The van der Waals surface area contributed by atoms with E-state index in [-0.39, 0.29) is 0 Å². The molecule has 0 atom stereocenters. The predicted molar refractivity (Wildman–Crippen MR) is 110 cm³/mol. The van der Waals surface area contributed by atoms with Gasteiger partial charge in [-0.25, -0.2) is 8.42 Å². The molecule has 1 aliphatic heterocycles. The second kappa shape index (κ2) is 12.5. The summed E-state index contributed by atoms with van der Waals surface area (Å²) < 4.78 is 29.2. The zero-order chi connectivity index (χ0) is 19.3. The van der Waals surface area contributed by atoms with Crippen LogP contribution in [0.2, 0.25) is 0 Å². The van der Waals surface area contributed by atoms with Crippen molar-refractivity contribution in [1.82, 2.24) is 10.6 Å². The van der Waals surface area contributed by atoms with Gasteiger partial charge >= 0.3 is 0 Å². The van der Waals surface area contributed by atoms with Crippen LogP contribution in [0.15, 0.2) is 4.99 Å². The van der Waals surface area contributed by atoms with E-state index in [0.717, 1.165) is 19.5 Å². The summed E-state index contributed by atoms with van der Waals surface area (Å²) in [5.41, 5.74) is 0. The van der Waals surface area contributed by atoms with E-state index in [2.05, 4.69) is 22.5 Å². The summed E-state index contributed by atoms with van der Waals surface area (Å²) in [7, 11) is -3.18. The fourth-order valence-electron chi connectivity index (χ4n) is 3.24. The molecule has 2 N–H and O–H groups in total. The van der Waals surface area contributed by atoms with Gasteiger partial charge in [0.1, 0.15) is 0 Å². The Morgan fingerprint density at radius 3 is 2.19 bits per heavy atom. The second-order valence-corrected chi connectivity index (χ2v) is 9.72. The number of guanidine groups is 1. The number of rotatable bonds is 12. The number of nitrogens with zero attached hydrogens (tertiary/aromatic N) is 1. The molecule has 0 spiro atoms. The van der Waals surface area contributed by atoms with Crippen molar-refractivity contribution in [3.05, 3.63) is 0 Å². The van der Waals surface area contributed by atoms with Gasteiger partial charge in [0.25, 0.3) is 0 Å². The molecule has 1 heterocycles. The number of sulfone groups is 1. The molecular formula is C19H39N3O3S. The number of ether oxygens (including phenoxy) is 1. The molecule has 7 heteroatoms. The SMILES string of the molecule is CCCCCCCCCNC(=NCC1(S(C)(=O)=O)CCOCC1)NCC. The quantitative estimate of drug-likeness (QED) is 0.305. The van der Waals surface area contributed by atoms with Crippen LogP contribution in [0.3, 0.4) is 0 Å². The minimum Gasteiger partial charge on any atom is -0.381 e. The van der Waals surface area contributed by atoms with Crippen LogP contribution in [0, 0.1) is 0 Å². The Balaban J connectivity index is 2.46. The molecule has 0 amide bonds. The predicted octanol–water partition coefficient (Wildman–Crippen LogP) is 2.89. The summed E-state index contributed by atoms with van der Waals surface area (Å²) in [5.74, 6) is 0.716. The molecule has 154 valence electrons. The molecule has 0 bridgehead atoms. The van der Waals surface area contributed by atoms with Gasteiger partial charge in [-0.2, -0.15) is 0 Å². The molecule has 1 fully saturated rings. The first-order valence-electron chi connectivity index (χ1n) is 10.2. The number of unbranched alkanes of at least 4 members (excludes halogenated alkanes) is 6. The van der Waals surface area contributed by atoms with E-state index >= 15 is 0 Å². The van der Waals surface area contributed by atoms with Crippen molar-refractivity contribution in [3.8, 4) is 0 Å². The Labute approximate surface area is 160 Å². The maximum atomic E-state index is 12.3. The van der Waals surface area contributed by atoms with Gasteiger partial charge in [0.2, 0.25) is 0 Å². The van der Waals surface area contributed by atoms with E-state index in [0.29, 0.717) is 38.6 Å². The van der Waals surface area contributed by atoms with Crippen LogP contribution < -0.4 is 10.6 Å². The molecule has 0 aromatic heterocycles. The number of nitrogens with one attached hydrogen (secondary N) is 2. The lowest BCUT2D eigenvalue weighted by Gasteiger charge is -2.34. The Morgan fingerprint density at radius 1 is 1.00 bits per heavy atom. The minimum atomic E-state index is -3.18. The largest absolute Gasteiger partial charge is 0.381 e. The topological polar surface area (TPSA) is 79.8 Å². The molecule has 1 saturated heterocycles. The first-order valence-corrected chi connectivity index (χ1v) is 12.1. The normalized spacial score (nSPS) is 17.9. The highest BCUT2D eigenvalue weighted by Crippen LogP contribution is 2.29. The molecule has 1 aliphatic rings. The van der Waals surface area contributed by atoms with Crippen molar-refractivity contribution in [1.29, 1.82) is 0 Å². The number of hydrogen-bond donors (Lipinski definition) is 2. The number of hydrogen-bond acceptors (Lipinski definition) is 4. The lowest BCUT2D eigenvalue weighted by atomic mass is 9.99. The van der Waals surface area contributed by atoms with E-state index in [4.69, 9.17) is 4.74 Å². The number of aliphatic imine (C=N–C) groups is 1. The minimum absolute atomic E-state index is 0.293. The fraction of sp³-hybridized carbons (Fsp3) is 0.947. The summed E-state index contributed by atoms with van der Waals surface area (Å²) in [6, 6.07) is 0. The summed E-state index contributed by atoms with van der Waals surface area (Å²) in [6.45, 7) is 7.16. The van der Waals surface area contributed by atoms with Gasteiger partial charge in [-0.05, 0) is 26.2 Å². The molecule has 1 rings (SSSR count). The maximum Gasteiger partial charge on any atom is 0.191 e. The Bertz CT molecular complexity index is 500. The highest BCUT2D eigenvalue weighted by Gasteiger charge is 2.42. The zero-order valence-electron chi connectivity index (χ0n) is 17.0. The van der Waals surface area contributed by atoms with Crippen LogP contribution >= 0.6 is 0 Å². The molecule has 0 saturated carbocycles. The molecule has 0 aliphatic carbocycles. The average molecular weight is 390 g/mol. The van der Waals surface area contributed by atoms with Crippen molar-refractivity contribution in [2.24, 2.45) is 4.99 Å². The van der Waals surface area contributed by atoms with E-state index in [1.807, 2.05) is 6.92 Å². The standard InChI is InChI=1S/C19H39N3O3S/c1-4-6-7-8-9-10-11-14-21-18(20-5-2)22-17-19(26(3,23)24)12-15-25-16-13-19/h4-17H2,1-3H3,(H2,20,21,22). The fourth-order valence-corrected chi connectivity index (χ4v) is 4.45. The van der Waals surface area contributed by atoms with Gasteiger partial charge in [0.05, 0.1) is 11.3 Å². The Morgan fingerprint density at radius 2 is 1.62 bits per heavy atom. The van der Waals surface area contributed by atoms with Gasteiger partial charge in [-0.15, -0.1) is 0 Å². The highest BCUT2D eigenvalue weighted by molar-refractivity contribution is 7.92. The smallest absolute Gasteiger partial charge is 0.191 e. The lowest BCUT2D eigenvalue weighted by Crippen LogP contribution is -2.47. The third kappa shape index (κ3) is 8.25. The monoisotopic (exact) mass is 389 g/mol. The van der Waals surface area contributed by atoms with Crippen LogP contribution in [0.4, 0.5) is 0 Å². The van der Waals surface area contributed by atoms with Crippen molar-refractivity contribution >= 4 is 15.8 Å². The van der Waals surface area contributed by atoms with E-state index in [1.165, 1.54) is 44.8 Å². The average Bonchev–Trinajstić information content (AvgIpc) is 2.61. The zero-order valence-corrected chi connectivity index (χ0v) is 17.8. The van der Waals surface area contributed by atoms with Gasteiger partial charge < -0.3 is 15.4 Å². The Kier molecular flexibility index (Phi) is 11.2. The van der Waals surface area contributed by atoms with Crippen molar-refractivity contribution < 1.29 is 13.2 Å². The van der Waals surface area contributed by atoms with Crippen molar-refractivity contribution in [3.63, 3.8) is 0 Å². The maximum absolute atomic E-state index is 12.3. The lowest BCUT2D eigenvalue weighted by molar-refractivity contribution is 0.0768. The first kappa shape index (κ1) is 23.2. The highest BCUT2D eigenvalue weighted by atomic mass is 32.2. The molecule has 26 heavy (non-hydrogen) atoms. The van der Waals surface area contributed by atoms with Crippen LogP contribution in [-0.4, -0.2) is 58.2 Å². The van der Waals surface area contributed by atoms with E-state index in [1.54, 1.807) is 0 Å². The summed E-state index contributed by atoms with van der Waals surface area (Å²) in [5, 5.41) is 6.57. The van der Waals surface area contributed by atoms with Gasteiger partial charge in [-0.3, -0.25) is 4.99 Å². The summed E-state index contributed by atoms with van der Waals surface area (Å²) >= 11 is 0. The van der Waals surface area contributed by atoms with E-state index < -0.39 is 14.6 Å². The van der Waals surface area contributed by atoms with Crippen LogP contribution in [0.25, 0.3) is 0 Å². The van der Waals surface area contributed by atoms with Crippen LogP contribution in [-0.2, 0) is 14.6 Å². The molecule has 0 unspecified atom stereocenters. The third-order valence-electron chi connectivity index (χ3n) is 5.13. The molecular weight excluding hydrogens is 350 g/mol. The Hall–Kier alpha value is -0.820. The molecule has 0 aromatic carbocycles. The van der Waals surface area contributed by atoms with E-state index in [9.17, 15) is 8.42 Å². The second-order valence-electron chi connectivity index (χ2n) is 7.31. The summed E-state index contributed by atoms with van der Waals surface area (Å²) in [4.78, 5) is 4.59. The van der Waals surface area contributed by atoms with Crippen molar-refractivity contribution in [2.75, 3.05) is 39.1 Å². The third-order valence-corrected chi connectivity index (χ3v) is 7.24. The van der Waals surface area contributed by atoms with Crippen LogP contribution in [0.5, 0.6) is 0 Å². The molecule has 0 radical (unpaired) electrons.